The smallest absolute Gasteiger partial charge is 0.180 e. The molecule has 2 heterocycles. The highest BCUT2D eigenvalue weighted by Gasteiger charge is 2.11. The fraction of sp³-hybridized carbons (Fsp3) is 0.211. The van der Waals surface area contributed by atoms with Gasteiger partial charge in [-0.15, -0.1) is 11.3 Å². The molecule has 2 aromatic heterocycles. The average molecular weight is 353 g/mol. The minimum absolute atomic E-state index is 0.105. The number of pyridine rings is 1. The van der Waals surface area contributed by atoms with Gasteiger partial charge in [-0.1, -0.05) is 31.2 Å². The first-order valence-corrected chi connectivity index (χ1v) is 8.99. The number of nitrogens with one attached hydrogen (secondary N) is 1. The first-order chi connectivity index (χ1) is 12.2. The van der Waals surface area contributed by atoms with E-state index in [2.05, 4.69) is 29.4 Å². The number of nitrogens with zero attached hydrogens (tertiary/aromatic N) is 2. The monoisotopic (exact) mass is 353 g/mol. The van der Waals surface area contributed by atoms with Crippen LogP contribution < -0.4 is 10.0 Å². The molecule has 3 aromatic rings. The highest BCUT2D eigenvalue weighted by Crippen LogP contribution is 2.30. The van der Waals surface area contributed by atoms with E-state index >= 15 is 0 Å². The van der Waals surface area contributed by atoms with Crippen LogP contribution in [0.4, 0.5) is 5.82 Å². The first kappa shape index (κ1) is 17.1. The molecule has 25 heavy (non-hydrogen) atoms. The van der Waals surface area contributed by atoms with Gasteiger partial charge in [-0.3, -0.25) is 4.79 Å². The number of benzene rings is 1. The minimum Gasteiger partial charge on any atom is -0.619 e. The zero-order chi connectivity index (χ0) is 17.6. The van der Waals surface area contributed by atoms with Crippen LogP contribution in [0.2, 0.25) is 0 Å². The Morgan fingerprint density at radius 3 is 2.52 bits per heavy atom. The molecule has 0 bridgehead atoms. The van der Waals surface area contributed by atoms with Crippen LogP contribution in [-0.4, -0.2) is 17.3 Å². The summed E-state index contributed by atoms with van der Waals surface area (Å²) < 4.78 is 0.741. The molecule has 0 saturated carbocycles. The third-order valence-electron chi connectivity index (χ3n) is 3.92. The number of ketones is 1. The number of Topliss-reactive ketones (excluding diaryl/α,β-unsaturated/α-hetero) is 1. The van der Waals surface area contributed by atoms with E-state index in [9.17, 15) is 10.0 Å². The summed E-state index contributed by atoms with van der Waals surface area (Å²) in [4.78, 5) is 17.4. The minimum atomic E-state index is 0.105. The van der Waals surface area contributed by atoms with Crippen molar-refractivity contribution in [2.45, 2.75) is 19.8 Å². The van der Waals surface area contributed by atoms with Gasteiger partial charge in [-0.05, 0) is 17.5 Å². The van der Waals surface area contributed by atoms with Crippen LogP contribution in [0.15, 0.2) is 54.3 Å². The van der Waals surface area contributed by atoms with Gasteiger partial charge in [0.2, 0.25) is 0 Å². The van der Waals surface area contributed by atoms with Crippen molar-refractivity contribution < 1.29 is 9.52 Å². The molecule has 0 radical (unpaired) electrons. The van der Waals surface area contributed by atoms with Gasteiger partial charge in [0.15, 0.2) is 18.2 Å². The van der Waals surface area contributed by atoms with Crippen LogP contribution >= 0.6 is 11.3 Å². The molecular formula is C19H19N3O2S. The fourth-order valence-electron chi connectivity index (χ4n) is 2.51. The van der Waals surface area contributed by atoms with Gasteiger partial charge >= 0.3 is 0 Å². The molecule has 0 atom stereocenters. The van der Waals surface area contributed by atoms with Crippen molar-refractivity contribution in [3.63, 3.8) is 0 Å². The van der Waals surface area contributed by atoms with E-state index in [0.717, 1.165) is 27.2 Å². The van der Waals surface area contributed by atoms with E-state index in [0.29, 0.717) is 12.2 Å². The molecule has 0 amide bonds. The second kappa shape index (κ2) is 7.90. The maximum atomic E-state index is 12.2. The number of rotatable bonds is 7. The summed E-state index contributed by atoms with van der Waals surface area (Å²) >= 11 is 1.47. The fourth-order valence-corrected chi connectivity index (χ4v) is 3.28. The van der Waals surface area contributed by atoms with Gasteiger partial charge in [-0.2, -0.15) is 4.73 Å². The van der Waals surface area contributed by atoms with Gasteiger partial charge < -0.3 is 10.5 Å². The molecule has 0 spiro atoms. The molecule has 0 fully saturated rings. The molecule has 128 valence electrons. The number of hydrogen-bond donors (Lipinski definition) is 1. The normalized spacial score (nSPS) is 10.6. The second-order valence-electron chi connectivity index (χ2n) is 5.72. The average Bonchev–Trinajstić information content (AvgIpc) is 3.10. The Balaban J connectivity index is 1.61. The van der Waals surface area contributed by atoms with E-state index in [1.807, 2.05) is 12.1 Å². The lowest BCUT2D eigenvalue weighted by molar-refractivity contribution is -0.605. The Hall–Kier alpha value is -2.73. The summed E-state index contributed by atoms with van der Waals surface area (Å²) in [7, 11) is 0. The van der Waals surface area contributed by atoms with Gasteiger partial charge in [0.25, 0.3) is 0 Å². The van der Waals surface area contributed by atoms with Gasteiger partial charge in [0.1, 0.15) is 5.82 Å². The number of thiazole rings is 1. The topological polar surface area (TPSA) is 68.9 Å². The molecule has 0 aliphatic heterocycles. The van der Waals surface area contributed by atoms with Crippen LogP contribution in [0.1, 0.15) is 18.1 Å². The quantitative estimate of drug-likeness (QED) is 0.523. The SMILES string of the molecule is CCc1ccc(CC(=O)CNc2ncsc2-c2cc[n+]([O-])cc2)cc1. The van der Waals surface area contributed by atoms with Gasteiger partial charge in [-0.25, -0.2) is 4.98 Å². The van der Waals surface area contributed by atoms with Crippen LogP contribution in [0.5, 0.6) is 0 Å². The second-order valence-corrected chi connectivity index (χ2v) is 6.57. The maximum Gasteiger partial charge on any atom is 0.180 e. The summed E-state index contributed by atoms with van der Waals surface area (Å²) in [5, 5.41) is 14.3. The molecule has 0 aliphatic rings. The third-order valence-corrected chi connectivity index (χ3v) is 4.79. The summed E-state index contributed by atoms with van der Waals surface area (Å²) in [5.74, 6) is 0.775. The molecule has 0 unspecified atom stereocenters. The highest BCUT2D eigenvalue weighted by molar-refractivity contribution is 7.13. The van der Waals surface area contributed by atoms with E-state index in [4.69, 9.17) is 0 Å². The lowest BCUT2D eigenvalue weighted by Crippen LogP contribution is -2.23. The van der Waals surface area contributed by atoms with Crippen molar-refractivity contribution in [1.29, 1.82) is 0 Å². The van der Waals surface area contributed by atoms with Crippen molar-refractivity contribution in [1.82, 2.24) is 4.98 Å². The van der Waals surface area contributed by atoms with Crippen molar-refractivity contribution >= 4 is 22.9 Å². The molecule has 5 nitrogen and oxygen atoms in total. The summed E-state index contributed by atoms with van der Waals surface area (Å²) in [5.41, 5.74) is 4.91. The third kappa shape index (κ3) is 4.42. The molecule has 1 N–H and O–H groups in total. The first-order valence-electron chi connectivity index (χ1n) is 8.11. The predicted molar refractivity (Wildman–Crippen MR) is 99.5 cm³/mol. The number of hydrogen-bond acceptors (Lipinski definition) is 5. The largest absolute Gasteiger partial charge is 0.619 e. The Labute approximate surface area is 150 Å². The van der Waals surface area contributed by atoms with Crippen LogP contribution in [-0.2, 0) is 17.6 Å². The number of carbonyl (C=O) groups excluding carboxylic acids is 1. The molecule has 6 heteroatoms. The maximum absolute atomic E-state index is 12.2. The van der Waals surface area contributed by atoms with Crippen molar-refractivity contribution in [2.24, 2.45) is 0 Å². The number of aromatic nitrogens is 2. The van der Waals surface area contributed by atoms with Crippen molar-refractivity contribution in [3.8, 4) is 10.4 Å². The summed E-state index contributed by atoms with van der Waals surface area (Å²) in [6.45, 7) is 2.33. The molecule has 0 aliphatic carbocycles. The zero-order valence-corrected chi connectivity index (χ0v) is 14.8. The van der Waals surface area contributed by atoms with Gasteiger partial charge in [0.05, 0.1) is 16.9 Å². The van der Waals surface area contributed by atoms with Crippen LogP contribution in [0.3, 0.4) is 0 Å². The standard InChI is InChI=1S/C19H19N3O2S/c1-2-14-3-5-15(6-4-14)11-17(23)12-20-19-18(25-13-21-19)16-7-9-22(24)10-8-16/h3-10,13,20H,2,11-12H2,1H3. The Morgan fingerprint density at radius 1 is 1.16 bits per heavy atom. The summed E-state index contributed by atoms with van der Waals surface area (Å²) in [6.07, 6.45) is 4.29. The van der Waals surface area contributed by atoms with Crippen LogP contribution in [0, 0.1) is 5.21 Å². The highest BCUT2D eigenvalue weighted by atomic mass is 32.1. The molecule has 0 saturated heterocycles. The van der Waals surface area contributed by atoms with Crippen molar-refractivity contribution in [2.75, 3.05) is 11.9 Å². The zero-order valence-electron chi connectivity index (χ0n) is 13.9. The van der Waals surface area contributed by atoms with Crippen LogP contribution in [0.25, 0.3) is 10.4 Å². The van der Waals surface area contributed by atoms with Gasteiger partial charge in [0, 0.05) is 24.1 Å². The molecular weight excluding hydrogens is 334 g/mol. The lowest BCUT2D eigenvalue weighted by Gasteiger charge is -2.06. The molecule has 1 aromatic carbocycles. The number of aryl methyl sites for hydroxylation is 1. The Morgan fingerprint density at radius 2 is 1.84 bits per heavy atom. The van der Waals surface area contributed by atoms with E-state index in [1.54, 1.807) is 17.6 Å². The van der Waals surface area contributed by atoms with E-state index < -0.39 is 0 Å². The summed E-state index contributed by atoms with van der Waals surface area (Å²) in [6, 6.07) is 11.6. The van der Waals surface area contributed by atoms with E-state index in [1.165, 1.54) is 29.3 Å². The van der Waals surface area contributed by atoms with E-state index in [-0.39, 0.29) is 12.3 Å². The number of anilines is 1. The Kier molecular flexibility index (Phi) is 5.40. The number of carbonyl (C=O) groups is 1. The Bertz CT molecular complexity index is 842. The lowest BCUT2D eigenvalue weighted by atomic mass is 10.1. The predicted octanol–water partition coefficient (Wildman–Crippen LogP) is 3.23. The van der Waals surface area contributed by atoms with Crippen molar-refractivity contribution in [3.05, 3.63) is 70.6 Å². The molecule has 3 rings (SSSR count).